The molecule has 0 aromatic heterocycles. The zero-order chi connectivity index (χ0) is 13.4. The van der Waals surface area contributed by atoms with E-state index in [2.05, 4.69) is 16.6 Å². The van der Waals surface area contributed by atoms with Gasteiger partial charge in [-0.15, -0.1) is 12.3 Å². The van der Waals surface area contributed by atoms with E-state index >= 15 is 0 Å². The predicted molar refractivity (Wildman–Crippen MR) is 65.5 cm³/mol. The number of carboxylic acids is 1. The van der Waals surface area contributed by atoms with E-state index in [1.54, 1.807) is 13.8 Å². The molecule has 0 aromatic carbocycles. The Balaban J connectivity index is 4.17. The third kappa shape index (κ3) is 5.81. The first-order valence-corrected chi connectivity index (χ1v) is 5.65. The first kappa shape index (κ1) is 15.3. The number of carbonyl (C=O) groups is 2. The summed E-state index contributed by atoms with van der Waals surface area (Å²) in [5.41, 5.74) is 0. The number of hydrogen-bond donors (Lipinski definition) is 3. The molecule has 0 spiro atoms. The van der Waals surface area contributed by atoms with Crippen LogP contribution in [0.3, 0.4) is 0 Å². The van der Waals surface area contributed by atoms with E-state index in [0.717, 1.165) is 6.42 Å². The Morgan fingerprint density at radius 1 is 1.35 bits per heavy atom. The molecule has 0 saturated carbocycles. The lowest BCUT2D eigenvalue weighted by Crippen LogP contribution is -2.48. The quantitative estimate of drug-likeness (QED) is 0.610. The molecule has 0 aliphatic rings. The second-order valence-electron chi connectivity index (χ2n) is 4.05. The maximum Gasteiger partial charge on any atom is 0.315 e. The number of hydrogen-bond acceptors (Lipinski definition) is 2. The number of terminal acetylenes is 1. The highest BCUT2D eigenvalue weighted by molar-refractivity contribution is 5.76. The van der Waals surface area contributed by atoms with Gasteiger partial charge in [-0.25, -0.2) is 4.79 Å². The van der Waals surface area contributed by atoms with Gasteiger partial charge in [0, 0.05) is 18.5 Å². The van der Waals surface area contributed by atoms with E-state index in [1.165, 1.54) is 0 Å². The van der Waals surface area contributed by atoms with Crippen LogP contribution in [0.4, 0.5) is 4.79 Å². The number of aliphatic carboxylic acids is 1. The lowest BCUT2D eigenvalue weighted by atomic mass is 10.0. The fourth-order valence-electron chi connectivity index (χ4n) is 1.21. The van der Waals surface area contributed by atoms with E-state index in [-0.39, 0.29) is 12.1 Å². The third-order valence-corrected chi connectivity index (χ3v) is 2.69. The van der Waals surface area contributed by atoms with Crippen LogP contribution >= 0.6 is 0 Å². The van der Waals surface area contributed by atoms with Gasteiger partial charge in [0.05, 0.1) is 5.92 Å². The van der Waals surface area contributed by atoms with Crippen molar-refractivity contribution in [1.29, 1.82) is 0 Å². The normalized spacial score (nSPS) is 15.2. The van der Waals surface area contributed by atoms with Crippen LogP contribution in [-0.4, -0.2) is 29.2 Å². The summed E-state index contributed by atoms with van der Waals surface area (Å²) in [5.74, 6) is 0.914. The molecule has 96 valence electrons. The van der Waals surface area contributed by atoms with E-state index in [9.17, 15) is 9.59 Å². The Kier molecular flexibility index (Phi) is 6.80. The standard InChI is InChI=1S/C12H20N2O3/c1-5-7-10(6-2)14-12(17)13-9(4)8(3)11(15)16/h1,8-10H,6-7H2,2-4H3,(H,15,16)(H2,13,14,17). The van der Waals surface area contributed by atoms with Crippen molar-refractivity contribution in [2.75, 3.05) is 0 Å². The largest absolute Gasteiger partial charge is 0.481 e. The van der Waals surface area contributed by atoms with Crippen molar-refractivity contribution in [2.45, 2.75) is 45.7 Å². The number of carbonyl (C=O) groups excluding carboxylic acids is 1. The SMILES string of the molecule is C#CCC(CC)NC(=O)NC(C)C(C)C(=O)O. The summed E-state index contributed by atoms with van der Waals surface area (Å²) in [6, 6.07) is -0.893. The predicted octanol–water partition coefficient (Wildman–Crippen LogP) is 1.20. The third-order valence-electron chi connectivity index (χ3n) is 2.69. The Bertz CT molecular complexity index is 309. The minimum atomic E-state index is -0.937. The number of nitrogens with one attached hydrogen (secondary N) is 2. The molecule has 0 aliphatic heterocycles. The van der Waals surface area contributed by atoms with Gasteiger partial charge in [0.15, 0.2) is 0 Å². The molecule has 0 aromatic rings. The highest BCUT2D eigenvalue weighted by atomic mass is 16.4. The van der Waals surface area contributed by atoms with Gasteiger partial charge in [0.25, 0.3) is 0 Å². The van der Waals surface area contributed by atoms with E-state index in [0.29, 0.717) is 6.42 Å². The molecule has 0 rings (SSSR count). The molecule has 3 N–H and O–H groups in total. The van der Waals surface area contributed by atoms with Crippen LogP contribution in [0.1, 0.15) is 33.6 Å². The van der Waals surface area contributed by atoms with Gasteiger partial charge in [0.2, 0.25) is 0 Å². The van der Waals surface area contributed by atoms with Crippen molar-refractivity contribution in [3.05, 3.63) is 0 Å². The average molecular weight is 240 g/mol. The zero-order valence-corrected chi connectivity index (χ0v) is 10.5. The van der Waals surface area contributed by atoms with E-state index < -0.39 is 17.9 Å². The Labute approximate surface area is 102 Å². The highest BCUT2D eigenvalue weighted by Crippen LogP contribution is 2.02. The van der Waals surface area contributed by atoms with E-state index in [4.69, 9.17) is 11.5 Å². The summed E-state index contributed by atoms with van der Waals surface area (Å²) in [5, 5.41) is 14.1. The number of rotatable bonds is 6. The first-order chi connectivity index (χ1) is 7.92. The highest BCUT2D eigenvalue weighted by Gasteiger charge is 2.21. The Morgan fingerprint density at radius 3 is 2.35 bits per heavy atom. The molecule has 0 radical (unpaired) electrons. The monoisotopic (exact) mass is 240 g/mol. The maximum atomic E-state index is 11.5. The van der Waals surface area contributed by atoms with Crippen LogP contribution in [-0.2, 0) is 4.79 Å². The molecule has 0 fully saturated rings. The molecule has 3 unspecified atom stereocenters. The van der Waals surface area contributed by atoms with Gasteiger partial charge in [-0.3, -0.25) is 4.79 Å². The Morgan fingerprint density at radius 2 is 1.94 bits per heavy atom. The summed E-state index contributed by atoms with van der Waals surface area (Å²) >= 11 is 0. The molecule has 17 heavy (non-hydrogen) atoms. The van der Waals surface area contributed by atoms with Crippen LogP contribution in [0.15, 0.2) is 0 Å². The second kappa shape index (κ2) is 7.55. The minimum absolute atomic E-state index is 0.0765. The molecule has 5 heteroatoms. The first-order valence-electron chi connectivity index (χ1n) is 5.65. The van der Waals surface area contributed by atoms with E-state index in [1.807, 2.05) is 6.92 Å². The number of amides is 2. The van der Waals surface area contributed by atoms with Gasteiger partial charge in [-0.1, -0.05) is 6.92 Å². The van der Waals surface area contributed by atoms with Crippen LogP contribution in [0.5, 0.6) is 0 Å². The van der Waals surface area contributed by atoms with Crippen molar-refractivity contribution in [2.24, 2.45) is 5.92 Å². The fourth-order valence-corrected chi connectivity index (χ4v) is 1.21. The lowest BCUT2D eigenvalue weighted by Gasteiger charge is -2.20. The Hall–Kier alpha value is -1.70. The van der Waals surface area contributed by atoms with Crippen molar-refractivity contribution >= 4 is 12.0 Å². The second-order valence-corrected chi connectivity index (χ2v) is 4.05. The molecular formula is C12H20N2O3. The molecule has 0 bridgehead atoms. The molecule has 0 saturated heterocycles. The molecule has 3 atom stereocenters. The topological polar surface area (TPSA) is 78.4 Å². The summed E-state index contributed by atoms with van der Waals surface area (Å²) in [6.45, 7) is 5.12. The van der Waals surface area contributed by atoms with Crippen molar-refractivity contribution in [3.8, 4) is 12.3 Å². The maximum absolute atomic E-state index is 11.5. The van der Waals surface area contributed by atoms with Crippen molar-refractivity contribution < 1.29 is 14.7 Å². The van der Waals surface area contributed by atoms with Gasteiger partial charge in [-0.2, -0.15) is 0 Å². The van der Waals surface area contributed by atoms with Crippen molar-refractivity contribution in [3.63, 3.8) is 0 Å². The van der Waals surface area contributed by atoms with Gasteiger partial charge < -0.3 is 15.7 Å². The zero-order valence-electron chi connectivity index (χ0n) is 10.5. The molecule has 5 nitrogen and oxygen atoms in total. The summed E-state index contributed by atoms with van der Waals surface area (Å²) in [7, 11) is 0. The molecule has 0 heterocycles. The smallest absolute Gasteiger partial charge is 0.315 e. The van der Waals surface area contributed by atoms with Crippen LogP contribution in [0.25, 0.3) is 0 Å². The van der Waals surface area contributed by atoms with Gasteiger partial charge >= 0.3 is 12.0 Å². The van der Waals surface area contributed by atoms with Crippen LogP contribution in [0.2, 0.25) is 0 Å². The summed E-state index contributed by atoms with van der Waals surface area (Å²) < 4.78 is 0. The fraction of sp³-hybridized carbons (Fsp3) is 0.667. The van der Waals surface area contributed by atoms with Crippen LogP contribution < -0.4 is 10.6 Å². The molecular weight excluding hydrogens is 220 g/mol. The summed E-state index contributed by atoms with van der Waals surface area (Å²) in [6.07, 6.45) is 6.37. The summed E-state index contributed by atoms with van der Waals surface area (Å²) in [4.78, 5) is 22.2. The lowest BCUT2D eigenvalue weighted by molar-refractivity contribution is -0.141. The van der Waals surface area contributed by atoms with Gasteiger partial charge in [0.1, 0.15) is 0 Å². The van der Waals surface area contributed by atoms with Gasteiger partial charge in [-0.05, 0) is 20.3 Å². The minimum Gasteiger partial charge on any atom is -0.481 e. The number of carboxylic acid groups (broad SMARTS) is 1. The number of urea groups is 1. The van der Waals surface area contributed by atoms with Crippen molar-refractivity contribution in [1.82, 2.24) is 10.6 Å². The van der Waals surface area contributed by atoms with Crippen LogP contribution in [0, 0.1) is 18.3 Å². The molecule has 2 amide bonds. The molecule has 0 aliphatic carbocycles. The average Bonchev–Trinajstić information content (AvgIpc) is 2.26.